The number of ether oxygens (including phenoxy) is 1. The maximum atomic E-state index is 5.90. The van der Waals surface area contributed by atoms with Crippen LogP contribution in [0, 0.1) is 0 Å². The first kappa shape index (κ1) is 12.1. The van der Waals surface area contributed by atoms with E-state index < -0.39 is 0 Å². The first-order valence-corrected chi connectivity index (χ1v) is 6.65. The summed E-state index contributed by atoms with van der Waals surface area (Å²) in [5.74, 6) is 0.902. The van der Waals surface area contributed by atoms with Crippen LogP contribution < -0.4 is 10.5 Å². The van der Waals surface area contributed by atoms with Crippen LogP contribution in [0.2, 0.25) is 0 Å². The zero-order valence-electron chi connectivity index (χ0n) is 9.93. The molecule has 17 heavy (non-hydrogen) atoms. The van der Waals surface area contributed by atoms with Gasteiger partial charge in [0.2, 0.25) is 0 Å². The molecule has 0 fully saturated rings. The van der Waals surface area contributed by atoms with Gasteiger partial charge < -0.3 is 10.5 Å². The smallest absolute Gasteiger partial charge is 0.124 e. The van der Waals surface area contributed by atoms with Crippen LogP contribution in [0.3, 0.4) is 0 Å². The van der Waals surface area contributed by atoms with Gasteiger partial charge >= 0.3 is 0 Å². The van der Waals surface area contributed by atoms with Crippen LogP contribution in [-0.2, 0) is 6.42 Å². The van der Waals surface area contributed by atoms with Gasteiger partial charge in [-0.2, -0.15) is 0 Å². The summed E-state index contributed by atoms with van der Waals surface area (Å²) in [6, 6.07) is 12.2. The van der Waals surface area contributed by atoms with Gasteiger partial charge in [-0.15, -0.1) is 11.3 Å². The summed E-state index contributed by atoms with van der Waals surface area (Å²) in [7, 11) is 0. The highest BCUT2D eigenvalue weighted by Crippen LogP contribution is 2.23. The molecule has 1 aromatic heterocycles. The minimum Gasteiger partial charge on any atom is -0.493 e. The zero-order valence-corrected chi connectivity index (χ0v) is 10.7. The number of benzene rings is 1. The van der Waals surface area contributed by atoms with Crippen molar-refractivity contribution >= 4 is 11.3 Å². The Hall–Kier alpha value is -1.32. The minimum absolute atomic E-state index is 0.00735. The molecule has 1 heterocycles. The van der Waals surface area contributed by atoms with Crippen LogP contribution in [0.15, 0.2) is 41.8 Å². The second-order valence-electron chi connectivity index (χ2n) is 4.00. The summed E-state index contributed by atoms with van der Waals surface area (Å²) in [4.78, 5) is 1.35. The average molecular weight is 247 g/mol. The fourth-order valence-electron chi connectivity index (χ4n) is 1.70. The molecule has 0 aliphatic carbocycles. The van der Waals surface area contributed by atoms with Crippen molar-refractivity contribution in [1.29, 1.82) is 0 Å². The molecule has 2 N–H and O–H groups in total. The lowest BCUT2D eigenvalue weighted by atomic mass is 10.1. The molecule has 0 aliphatic rings. The largest absolute Gasteiger partial charge is 0.493 e. The molecule has 0 radical (unpaired) electrons. The second kappa shape index (κ2) is 5.84. The molecule has 0 saturated carbocycles. The Morgan fingerprint density at radius 2 is 2.06 bits per heavy atom. The van der Waals surface area contributed by atoms with E-state index >= 15 is 0 Å². The van der Waals surface area contributed by atoms with Gasteiger partial charge in [0.05, 0.1) is 6.61 Å². The van der Waals surface area contributed by atoms with Crippen LogP contribution in [0.5, 0.6) is 5.75 Å². The van der Waals surface area contributed by atoms with E-state index in [9.17, 15) is 0 Å². The summed E-state index contributed by atoms with van der Waals surface area (Å²) in [6.07, 6.45) is 0.949. The van der Waals surface area contributed by atoms with Crippen molar-refractivity contribution in [2.24, 2.45) is 5.73 Å². The number of rotatable bonds is 5. The van der Waals surface area contributed by atoms with Crippen molar-refractivity contribution in [3.63, 3.8) is 0 Å². The molecule has 2 nitrogen and oxygen atoms in total. The third-order valence-corrected chi connectivity index (χ3v) is 3.53. The molecule has 2 rings (SSSR count). The summed E-state index contributed by atoms with van der Waals surface area (Å²) in [5.41, 5.74) is 6.97. The molecule has 0 spiro atoms. The standard InChI is InChI=1S/C14H17NOS/c1-11(15)13-6-2-3-7-14(13)16-9-8-12-5-4-10-17-12/h2-7,10-11H,8-9,15H2,1H3/t11-/m1/s1. The van der Waals surface area contributed by atoms with Crippen LogP contribution in [-0.4, -0.2) is 6.61 Å². The number of hydrogen-bond acceptors (Lipinski definition) is 3. The molecular weight excluding hydrogens is 230 g/mol. The lowest BCUT2D eigenvalue weighted by Gasteiger charge is -2.13. The molecule has 1 aromatic carbocycles. The van der Waals surface area contributed by atoms with Gasteiger partial charge in [0.15, 0.2) is 0 Å². The van der Waals surface area contributed by atoms with Crippen LogP contribution in [0.4, 0.5) is 0 Å². The summed E-state index contributed by atoms with van der Waals surface area (Å²) < 4.78 is 5.80. The maximum Gasteiger partial charge on any atom is 0.124 e. The van der Waals surface area contributed by atoms with E-state index in [1.54, 1.807) is 11.3 Å². The predicted octanol–water partition coefficient (Wildman–Crippen LogP) is 3.39. The van der Waals surface area contributed by atoms with Gasteiger partial charge in [-0.25, -0.2) is 0 Å². The SMILES string of the molecule is C[C@@H](N)c1ccccc1OCCc1cccs1. The van der Waals surface area contributed by atoms with E-state index in [2.05, 4.69) is 17.5 Å². The number of nitrogens with two attached hydrogens (primary N) is 1. The van der Waals surface area contributed by atoms with Crippen molar-refractivity contribution < 1.29 is 4.74 Å². The van der Waals surface area contributed by atoms with Crippen LogP contribution in [0.1, 0.15) is 23.4 Å². The van der Waals surface area contributed by atoms with Gasteiger partial charge in [0, 0.05) is 22.9 Å². The highest BCUT2D eigenvalue weighted by Gasteiger charge is 2.06. The Labute approximate surface area is 106 Å². The first-order valence-electron chi connectivity index (χ1n) is 5.77. The Morgan fingerprint density at radius 3 is 2.76 bits per heavy atom. The van der Waals surface area contributed by atoms with Gasteiger partial charge in [-0.3, -0.25) is 0 Å². The summed E-state index contributed by atoms with van der Waals surface area (Å²) in [5, 5.41) is 2.09. The van der Waals surface area contributed by atoms with Crippen molar-refractivity contribution in [2.75, 3.05) is 6.61 Å². The van der Waals surface area contributed by atoms with Crippen LogP contribution in [0.25, 0.3) is 0 Å². The zero-order chi connectivity index (χ0) is 12.1. The van der Waals surface area contributed by atoms with Gasteiger partial charge in [-0.1, -0.05) is 24.3 Å². The fourth-order valence-corrected chi connectivity index (χ4v) is 2.39. The van der Waals surface area contributed by atoms with Crippen molar-refractivity contribution in [3.05, 3.63) is 52.2 Å². The lowest BCUT2D eigenvalue weighted by molar-refractivity contribution is 0.318. The molecule has 0 amide bonds. The number of hydrogen-bond donors (Lipinski definition) is 1. The monoisotopic (exact) mass is 247 g/mol. The fraction of sp³-hybridized carbons (Fsp3) is 0.286. The maximum absolute atomic E-state index is 5.90. The second-order valence-corrected chi connectivity index (χ2v) is 5.04. The van der Waals surface area contributed by atoms with E-state index in [-0.39, 0.29) is 6.04 Å². The third kappa shape index (κ3) is 3.32. The number of para-hydroxylation sites is 1. The molecule has 90 valence electrons. The van der Waals surface area contributed by atoms with E-state index in [0.717, 1.165) is 17.7 Å². The van der Waals surface area contributed by atoms with Gasteiger partial charge in [0.1, 0.15) is 5.75 Å². The predicted molar refractivity (Wildman–Crippen MR) is 72.6 cm³/mol. The summed E-state index contributed by atoms with van der Waals surface area (Å²) >= 11 is 1.76. The van der Waals surface area contributed by atoms with Crippen molar-refractivity contribution in [1.82, 2.24) is 0 Å². The third-order valence-electron chi connectivity index (χ3n) is 2.60. The Morgan fingerprint density at radius 1 is 1.24 bits per heavy atom. The van der Waals surface area contributed by atoms with Gasteiger partial charge in [-0.05, 0) is 24.4 Å². The lowest BCUT2D eigenvalue weighted by Crippen LogP contribution is -2.09. The topological polar surface area (TPSA) is 35.2 Å². The van der Waals surface area contributed by atoms with Crippen molar-refractivity contribution in [2.45, 2.75) is 19.4 Å². The van der Waals surface area contributed by atoms with E-state index in [1.165, 1.54) is 4.88 Å². The van der Waals surface area contributed by atoms with Gasteiger partial charge in [0.25, 0.3) is 0 Å². The Balaban J connectivity index is 1.94. The highest BCUT2D eigenvalue weighted by molar-refractivity contribution is 7.09. The molecule has 3 heteroatoms. The molecular formula is C14H17NOS. The van der Waals surface area contributed by atoms with Crippen molar-refractivity contribution in [3.8, 4) is 5.75 Å². The molecule has 0 bridgehead atoms. The van der Waals surface area contributed by atoms with E-state index in [1.807, 2.05) is 31.2 Å². The number of thiophene rings is 1. The molecule has 0 saturated heterocycles. The molecule has 1 atom stereocenters. The highest BCUT2D eigenvalue weighted by atomic mass is 32.1. The minimum atomic E-state index is 0.00735. The summed E-state index contributed by atoms with van der Waals surface area (Å²) in [6.45, 7) is 2.67. The Kier molecular flexibility index (Phi) is 4.18. The molecule has 0 aliphatic heterocycles. The van der Waals surface area contributed by atoms with Crippen LogP contribution >= 0.6 is 11.3 Å². The first-order chi connectivity index (χ1) is 8.27. The van der Waals surface area contributed by atoms with E-state index in [4.69, 9.17) is 10.5 Å². The average Bonchev–Trinajstić information content (AvgIpc) is 2.82. The Bertz CT molecular complexity index is 451. The quantitative estimate of drug-likeness (QED) is 0.879. The van der Waals surface area contributed by atoms with E-state index in [0.29, 0.717) is 6.61 Å². The molecule has 2 aromatic rings. The molecule has 0 unspecified atom stereocenters. The normalized spacial score (nSPS) is 12.4.